The maximum Gasteiger partial charge on any atom is 0.356 e. The van der Waals surface area contributed by atoms with Crippen LogP contribution in [0.1, 0.15) is 24.3 Å². The van der Waals surface area contributed by atoms with Gasteiger partial charge in [-0.2, -0.15) is 8.99 Å². The van der Waals surface area contributed by atoms with Crippen molar-refractivity contribution in [2.75, 3.05) is 13.1 Å². The molecule has 2 heterocycles. The van der Waals surface area contributed by atoms with Crippen molar-refractivity contribution >= 4 is 26.9 Å². The van der Waals surface area contributed by atoms with Crippen molar-refractivity contribution in [3.05, 3.63) is 52.6 Å². The molecular weight excluding hydrogens is 398 g/mol. The van der Waals surface area contributed by atoms with E-state index in [0.717, 1.165) is 4.68 Å². The van der Waals surface area contributed by atoms with E-state index in [-0.39, 0.29) is 10.6 Å². The maximum atomic E-state index is 12.6. The molecule has 0 saturated carbocycles. The smallest absolute Gasteiger partial charge is 0.356 e. The van der Waals surface area contributed by atoms with Gasteiger partial charge >= 0.3 is 5.97 Å². The molecule has 0 fully saturated rings. The summed E-state index contributed by atoms with van der Waals surface area (Å²) in [6.45, 7) is 3.66. The quantitative estimate of drug-likeness (QED) is 0.524. The Balaban J connectivity index is 1.81. The molecule has 10 nitrogen and oxygen atoms in total. The van der Waals surface area contributed by atoms with Crippen molar-refractivity contribution in [2.45, 2.75) is 25.5 Å². The fourth-order valence-electron chi connectivity index (χ4n) is 2.89. The van der Waals surface area contributed by atoms with Crippen LogP contribution in [0.3, 0.4) is 0 Å². The molecule has 0 atom stereocenters. The second-order valence-corrected chi connectivity index (χ2v) is 8.17. The molecule has 0 unspecified atom stereocenters. The molecule has 0 amide bonds. The third-order valence-electron chi connectivity index (χ3n) is 4.48. The van der Waals surface area contributed by atoms with E-state index >= 15 is 0 Å². The molecule has 29 heavy (non-hydrogen) atoms. The molecule has 0 aliphatic carbocycles. The molecule has 1 aromatic carbocycles. The Bertz CT molecular complexity index is 1210. The summed E-state index contributed by atoms with van der Waals surface area (Å²) in [5.74, 6) is -0.782. The number of benzene rings is 1. The van der Waals surface area contributed by atoms with Gasteiger partial charge in [-0.25, -0.2) is 13.2 Å². The average Bonchev–Trinajstić information content (AvgIpc) is 3.11. The molecule has 0 spiro atoms. The van der Waals surface area contributed by atoms with E-state index in [1.165, 1.54) is 21.1 Å². The second kappa shape index (κ2) is 8.13. The predicted octanol–water partition coefficient (Wildman–Crippen LogP) is 0.975. The van der Waals surface area contributed by atoms with Crippen LogP contribution in [0.5, 0.6) is 0 Å². The van der Waals surface area contributed by atoms with Crippen LogP contribution in [0.2, 0.25) is 0 Å². The molecule has 0 saturated heterocycles. The Kier molecular flexibility index (Phi) is 5.80. The Morgan fingerprint density at radius 1 is 1.21 bits per heavy atom. The number of aromatic nitrogens is 4. The van der Waals surface area contributed by atoms with Gasteiger partial charge in [-0.3, -0.25) is 4.79 Å². The largest absolute Gasteiger partial charge is 0.437 e. The SMILES string of the molecule is CCN(CC)S(=O)(=O)c1cc(C(=O)OCn2nnc3ccccc3c2=O)n(C)c1. The van der Waals surface area contributed by atoms with Crippen LogP contribution in [0.25, 0.3) is 10.9 Å². The minimum atomic E-state index is -3.71. The number of hydrogen-bond acceptors (Lipinski definition) is 7. The van der Waals surface area contributed by atoms with E-state index in [1.807, 2.05) is 0 Å². The minimum absolute atomic E-state index is 0.00156. The number of fused-ring (bicyclic) bond motifs is 1. The summed E-state index contributed by atoms with van der Waals surface area (Å²) in [5.41, 5.74) is 0.0337. The predicted molar refractivity (Wildman–Crippen MR) is 105 cm³/mol. The molecule has 2 aromatic heterocycles. The van der Waals surface area contributed by atoms with Crippen molar-refractivity contribution < 1.29 is 17.9 Å². The number of nitrogens with zero attached hydrogens (tertiary/aromatic N) is 5. The first-order valence-corrected chi connectivity index (χ1v) is 10.4. The summed E-state index contributed by atoms with van der Waals surface area (Å²) in [4.78, 5) is 24.8. The number of hydrogen-bond donors (Lipinski definition) is 0. The third kappa shape index (κ3) is 3.91. The summed E-state index contributed by atoms with van der Waals surface area (Å²) < 4.78 is 34.0. The first-order valence-electron chi connectivity index (χ1n) is 8.95. The Hall–Kier alpha value is -3.05. The third-order valence-corrected chi connectivity index (χ3v) is 6.49. The van der Waals surface area contributed by atoms with Gasteiger partial charge in [-0.05, 0) is 18.2 Å². The number of sulfonamides is 1. The zero-order chi connectivity index (χ0) is 21.2. The average molecular weight is 419 g/mol. The van der Waals surface area contributed by atoms with E-state index in [1.54, 1.807) is 45.2 Å². The van der Waals surface area contributed by atoms with Gasteiger partial charge in [-0.15, -0.1) is 5.10 Å². The van der Waals surface area contributed by atoms with E-state index in [0.29, 0.717) is 24.0 Å². The molecule has 154 valence electrons. The zero-order valence-electron chi connectivity index (χ0n) is 16.3. The van der Waals surface area contributed by atoms with E-state index in [9.17, 15) is 18.0 Å². The lowest BCUT2D eigenvalue weighted by Gasteiger charge is -2.17. The monoisotopic (exact) mass is 419 g/mol. The van der Waals surface area contributed by atoms with Gasteiger partial charge in [0.2, 0.25) is 10.0 Å². The lowest BCUT2D eigenvalue weighted by Crippen LogP contribution is -2.30. The number of ether oxygens (including phenoxy) is 1. The highest BCUT2D eigenvalue weighted by Gasteiger charge is 2.26. The topological polar surface area (TPSA) is 116 Å². The van der Waals surface area contributed by atoms with Gasteiger partial charge in [0.25, 0.3) is 5.56 Å². The standard InChI is InChI=1S/C18H21N5O5S/c1-4-22(5-2)29(26,27)13-10-16(21(3)11-13)18(25)28-12-23-17(24)14-8-6-7-9-15(14)19-20-23/h6-11H,4-5,12H2,1-3H3. The molecule has 3 aromatic rings. The van der Waals surface area contributed by atoms with Crippen molar-refractivity contribution in [2.24, 2.45) is 7.05 Å². The Labute approximate surface area is 167 Å². The molecule has 0 aliphatic heterocycles. The second-order valence-electron chi connectivity index (χ2n) is 6.23. The lowest BCUT2D eigenvalue weighted by atomic mass is 10.2. The van der Waals surface area contributed by atoms with E-state index in [4.69, 9.17) is 4.74 Å². The highest BCUT2D eigenvalue weighted by Crippen LogP contribution is 2.19. The van der Waals surface area contributed by atoms with E-state index in [2.05, 4.69) is 10.3 Å². The normalized spacial score (nSPS) is 11.9. The van der Waals surface area contributed by atoms with Crippen LogP contribution in [0, 0.1) is 0 Å². The number of esters is 1. The van der Waals surface area contributed by atoms with Crippen LogP contribution in [-0.2, 0) is 28.5 Å². The van der Waals surface area contributed by atoms with Crippen molar-refractivity contribution in [1.29, 1.82) is 0 Å². The first kappa shape index (κ1) is 20.7. The van der Waals surface area contributed by atoms with Gasteiger partial charge in [0.15, 0.2) is 6.73 Å². The summed E-state index contributed by atoms with van der Waals surface area (Å²) >= 11 is 0. The van der Waals surface area contributed by atoms with Crippen LogP contribution in [0.15, 0.2) is 46.2 Å². The summed E-state index contributed by atoms with van der Waals surface area (Å²) in [5, 5.41) is 8.02. The number of rotatable bonds is 7. The van der Waals surface area contributed by atoms with Crippen LogP contribution >= 0.6 is 0 Å². The highest BCUT2D eigenvalue weighted by atomic mass is 32.2. The highest BCUT2D eigenvalue weighted by molar-refractivity contribution is 7.89. The first-order chi connectivity index (χ1) is 13.8. The van der Waals surface area contributed by atoms with Crippen LogP contribution < -0.4 is 5.56 Å². The van der Waals surface area contributed by atoms with Crippen molar-refractivity contribution in [1.82, 2.24) is 23.9 Å². The van der Waals surface area contributed by atoms with Gasteiger partial charge in [0, 0.05) is 26.3 Å². The number of aryl methyl sites for hydroxylation is 1. The van der Waals surface area contributed by atoms with Crippen LogP contribution in [-0.4, -0.2) is 51.3 Å². The van der Waals surface area contributed by atoms with Crippen molar-refractivity contribution in [3.63, 3.8) is 0 Å². The number of carbonyl (C=O) groups is 1. The molecule has 0 radical (unpaired) electrons. The lowest BCUT2D eigenvalue weighted by molar-refractivity contribution is 0.0325. The van der Waals surface area contributed by atoms with Gasteiger partial charge in [-0.1, -0.05) is 31.2 Å². The van der Waals surface area contributed by atoms with Gasteiger partial charge < -0.3 is 9.30 Å². The van der Waals surface area contributed by atoms with Gasteiger partial charge in [0.1, 0.15) is 16.1 Å². The fourth-order valence-corrected chi connectivity index (χ4v) is 4.42. The Morgan fingerprint density at radius 3 is 2.59 bits per heavy atom. The fraction of sp³-hybridized carbons (Fsp3) is 0.333. The molecule has 3 rings (SSSR count). The Morgan fingerprint density at radius 2 is 1.90 bits per heavy atom. The molecular formula is C18H21N5O5S. The zero-order valence-corrected chi connectivity index (χ0v) is 17.1. The van der Waals surface area contributed by atoms with Gasteiger partial charge in [0.05, 0.1) is 5.39 Å². The summed E-state index contributed by atoms with van der Waals surface area (Å²) in [6, 6.07) is 7.95. The summed E-state index contributed by atoms with van der Waals surface area (Å²) in [6.07, 6.45) is 1.35. The molecule has 0 N–H and O–H groups in total. The minimum Gasteiger partial charge on any atom is -0.437 e. The maximum absolute atomic E-state index is 12.6. The molecule has 0 aliphatic rings. The number of carbonyl (C=O) groups excluding carboxylic acids is 1. The van der Waals surface area contributed by atoms with E-state index < -0.39 is 28.3 Å². The van der Waals surface area contributed by atoms with Crippen LogP contribution in [0.4, 0.5) is 0 Å². The summed E-state index contributed by atoms with van der Waals surface area (Å²) in [7, 11) is -2.17. The van der Waals surface area contributed by atoms with Crippen molar-refractivity contribution in [3.8, 4) is 0 Å². The molecule has 11 heteroatoms. The molecule has 0 bridgehead atoms.